The maximum Gasteiger partial charge on any atom is 0.586 e. The molecular formula is C15H9BrF2N2O3. The number of hydrogen-bond acceptors (Lipinski definition) is 4. The first-order valence-corrected chi connectivity index (χ1v) is 7.43. The number of nitrogens with one attached hydrogen (secondary N) is 1. The fraction of sp³-hybridized carbons (Fsp3) is 0.133. The van der Waals surface area contributed by atoms with E-state index in [2.05, 4.69) is 35.4 Å². The van der Waals surface area contributed by atoms with Gasteiger partial charge in [0.2, 0.25) is 0 Å². The summed E-state index contributed by atoms with van der Waals surface area (Å²) >= 11 is 3.32. The van der Waals surface area contributed by atoms with Gasteiger partial charge in [-0.05, 0) is 28.1 Å². The summed E-state index contributed by atoms with van der Waals surface area (Å²) in [5.74, 6) is -0.270. The first-order valence-electron chi connectivity index (χ1n) is 6.64. The van der Waals surface area contributed by atoms with E-state index in [0.29, 0.717) is 16.6 Å². The molecule has 8 heteroatoms. The molecule has 0 radical (unpaired) electrons. The molecule has 0 fully saturated rings. The molecule has 4 rings (SSSR count). The summed E-state index contributed by atoms with van der Waals surface area (Å²) in [4.78, 5) is 7.12. The molecule has 1 aromatic carbocycles. The number of benzene rings is 1. The fourth-order valence-electron chi connectivity index (χ4n) is 2.60. The van der Waals surface area contributed by atoms with Crippen molar-refractivity contribution in [2.24, 2.45) is 0 Å². The number of hydrogen-bond donors (Lipinski definition) is 2. The Morgan fingerprint density at radius 2 is 2.09 bits per heavy atom. The topological polar surface area (TPSA) is 67.4 Å². The lowest BCUT2D eigenvalue weighted by atomic mass is 10.0. The standard InChI is InChI=1S/C15H9BrF2N2O3/c16-7-4-9-10(6-20-14(9)19-5-7)12(21)8-2-1-3-11-13(8)23-15(17,18)22-11/h1-6,12,21H,(H,19,20). The lowest BCUT2D eigenvalue weighted by Crippen LogP contribution is -2.26. The molecule has 0 saturated heterocycles. The smallest absolute Gasteiger partial charge is 0.395 e. The highest BCUT2D eigenvalue weighted by atomic mass is 79.9. The van der Waals surface area contributed by atoms with Gasteiger partial charge in [0.05, 0.1) is 0 Å². The second kappa shape index (κ2) is 4.90. The molecular weight excluding hydrogens is 374 g/mol. The molecule has 2 N–H and O–H groups in total. The highest BCUT2D eigenvalue weighted by Gasteiger charge is 2.45. The number of alkyl halides is 2. The molecule has 1 aliphatic heterocycles. The normalized spacial score (nSPS) is 16.7. The Hall–Kier alpha value is -2.19. The van der Waals surface area contributed by atoms with Gasteiger partial charge in [0, 0.05) is 33.4 Å². The molecule has 2 aromatic heterocycles. The Morgan fingerprint density at radius 1 is 1.26 bits per heavy atom. The average Bonchev–Trinajstić information content (AvgIpc) is 3.04. The summed E-state index contributed by atoms with van der Waals surface area (Å²) in [6.45, 7) is 0. The van der Waals surface area contributed by atoms with Crippen LogP contribution < -0.4 is 9.47 Å². The molecule has 3 heterocycles. The Bertz CT molecular complexity index is 913. The molecule has 23 heavy (non-hydrogen) atoms. The fourth-order valence-corrected chi connectivity index (χ4v) is 2.93. The van der Waals surface area contributed by atoms with Gasteiger partial charge in [-0.25, -0.2) is 4.98 Å². The first-order chi connectivity index (χ1) is 10.9. The molecule has 0 aliphatic carbocycles. The predicted octanol–water partition coefficient (Wildman–Crippen LogP) is 3.73. The van der Waals surface area contributed by atoms with Gasteiger partial charge >= 0.3 is 6.29 Å². The maximum absolute atomic E-state index is 13.3. The minimum Gasteiger partial charge on any atom is -0.395 e. The molecule has 0 saturated carbocycles. The summed E-state index contributed by atoms with van der Waals surface area (Å²) in [5.41, 5.74) is 1.28. The number of H-pyrrole nitrogens is 1. The van der Waals surface area contributed by atoms with E-state index < -0.39 is 12.4 Å². The van der Waals surface area contributed by atoms with Crippen LogP contribution in [0, 0.1) is 0 Å². The van der Waals surface area contributed by atoms with E-state index in [1.54, 1.807) is 18.5 Å². The average molecular weight is 383 g/mol. The van der Waals surface area contributed by atoms with Gasteiger partial charge in [-0.2, -0.15) is 0 Å². The summed E-state index contributed by atoms with van der Waals surface area (Å²) < 4.78 is 36.2. The number of para-hydroxylation sites is 1. The molecule has 0 amide bonds. The minimum atomic E-state index is -3.73. The van der Waals surface area contributed by atoms with Gasteiger partial charge in [0.25, 0.3) is 0 Å². The third-order valence-electron chi connectivity index (χ3n) is 3.58. The second-order valence-corrected chi connectivity index (χ2v) is 5.95. The predicted molar refractivity (Wildman–Crippen MR) is 80.5 cm³/mol. The molecule has 118 valence electrons. The summed E-state index contributed by atoms with van der Waals surface area (Å²) in [6, 6.07) is 6.18. The molecule has 0 bridgehead atoms. The van der Waals surface area contributed by atoms with Crippen molar-refractivity contribution >= 4 is 27.0 Å². The third-order valence-corrected chi connectivity index (χ3v) is 4.01. The Kier molecular flexibility index (Phi) is 3.07. The highest BCUT2D eigenvalue weighted by molar-refractivity contribution is 9.10. The van der Waals surface area contributed by atoms with Crippen LogP contribution in [0.25, 0.3) is 11.0 Å². The van der Waals surface area contributed by atoms with Crippen molar-refractivity contribution in [2.75, 3.05) is 0 Å². The van der Waals surface area contributed by atoms with E-state index in [1.807, 2.05) is 0 Å². The first kappa shape index (κ1) is 14.4. The van der Waals surface area contributed by atoms with Gasteiger partial charge in [-0.1, -0.05) is 12.1 Å². The van der Waals surface area contributed by atoms with Gasteiger partial charge in [0.1, 0.15) is 11.8 Å². The molecule has 1 atom stereocenters. The number of nitrogens with zero attached hydrogens (tertiary/aromatic N) is 1. The van der Waals surface area contributed by atoms with E-state index in [1.165, 1.54) is 18.2 Å². The minimum absolute atomic E-state index is 0.106. The number of rotatable bonds is 2. The van der Waals surface area contributed by atoms with Crippen LogP contribution in [0.2, 0.25) is 0 Å². The number of fused-ring (bicyclic) bond motifs is 2. The lowest BCUT2D eigenvalue weighted by molar-refractivity contribution is -0.287. The number of pyridine rings is 1. The van der Waals surface area contributed by atoms with Crippen molar-refractivity contribution in [2.45, 2.75) is 12.4 Å². The van der Waals surface area contributed by atoms with Crippen LogP contribution in [0.4, 0.5) is 8.78 Å². The number of aromatic nitrogens is 2. The number of aromatic amines is 1. The number of aliphatic hydroxyl groups excluding tert-OH is 1. The molecule has 1 unspecified atom stereocenters. The molecule has 5 nitrogen and oxygen atoms in total. The Morgan fingerprint density at radius 3 is 2.91 bits per heavy atom. The van der Waals surface area contributed by atoms with Gasteiger partial charge < -0.3 is 19.6 Å². The summed E-state index contributed by atoms with van der Waals surface area (Å²) in [5, 5.41) is 11.3. The largest absolute Gasteiger partial charge is 0.586 e. The van der Waals surface area contributed by atoms with Crippen molar-refractivity contribution in [3.05, 3.63) is 52.3 Å². The van der Waals surface area contributed by atoms with E-state index >= 15 is 0 Å². The van der Waals surface area contributed by atoms with Crippen LogP contribution in [-0.2, 0) is 0 Å². The Labute approximate surface area is 137 Å². The van der Waals surface area contributed by atoms with Crippen molar-refractivity contribution in [3.8, 4) is 11.5 Å². The van der Waals surface area contributed by atoms with Crippen molar-refractivity contribution in [1.82, 2.24) is 9.97 Å². The quantitative estimate of drug-likeness (QED) is 0.708. The van der Waals surface area contributed by atoms with Gasteiger partial charge in [0.15, 0.2) is 11.5 Å². The van der Waals surface area contributed by atoms with Crippen LogP contribution in [0.1, 0.15) is 17.2 Å². The zero-order valence-corrected chi connectivity index (χ0v) is 13.0. The monoisotopic (exact) mass is 382 g/mol. The van der Waals surface area contributed by atoms with Crippen LogP contribution in [-0.4, -0.2) is 21.4 Å². The van der Waals surface area contributed by atoms with E-state index in [0.717, 1.165) is 4.47 Å². The van der Waals surface area contributed by atoms with Crippen molar-refractivity contribution in [1.29, 1.82) is 0 Å². The van der Waals surface area contributed by atoms with Gasteiger partial charge in [-0.15, -0.1) is 8.78 Å². The van der Waals surface area contributed by atoms with E-state index in [4.69, 9.17) is 0 Å². The number of aliphatic hydroxyl groups is 1. The highest BCUT2D eigenvalue weighted by Crippen LogP contribution is 2.46. The van der Waals surface area contributed by atoms with Crippen LogP contribution in [0.3, 0.4) is 0 Å². The third kappa shape index (κ3) is 2.34. The second-order valence-electron chi connectivity index (χ2n) is 5.04. The SMILES string of the molecule is OC(c1cccc2c1OC(F)(F)O2)c1c[nH]c2ncc(Br)cc12. The molecule has 3 aromatic rings. The lowest BCUT2D eigenvalue weighted by Gasteiger charge is -2.13. The van der Waals surface area contributed by atoms with Gasteiger partial charge in [-0.3, -0.25) is 0 Å². The molecule has 1 aliphatic rings. The summed E-state index contributed by atoms with van der Waals surface area (Å²) in [6.07, 6.45) is -1.70. The Balaban J connectivity index is 1.83. The van der Waals surface area contributed by atoms with Crippen molar-refractivity contribution < 1.29 is 23.4 Å². The zero-order chi connectivity index (χ0) is 16.2. The number of ether oxygens (including phenoxy) is 2. The van der Waals surface area contributed by atoms with Crippen molar-refractivity contribution in [3.63, 3.8) is 0 Å². The zero-order valence-electron chi connectivity index (χ0n) is 11.4. The van der Waals surface area contributed by atoms with Crippen LogP contribution >= 0.6 is 15.9 Å². The number of halogens is 3. The molecule has 0 spiro atoms. The van der Waals surface area contributed by atoms with E-state index in [9.17, 15) is 13.9 Å². The van der Waals surface area contributed by atoms with E-state index in [-0.39, 0.29) is 17.1 Å². The van der Waals surface area contributed by atoms with Crippen LogP contribution in [0.15, 0.2) is 41.1 Å². The summed E-state index contributed by atoms with van der Waals surface area (Å²) in [7, 11) is 0. The van der Waals surface area contributed by atoms with Crippen LogP contribution in [0.5, 0.6) is 11.5 Å². The maximum atomic E-state index is 13.3.